The first kappa shape index (κ1) is 10.8. The minimum Gasteiger partial charge on any atom is -0.395 e. The zero-order valence-electron chi connectivity index (χ0n) is 8.87. The van der Waals surface area contributed by atoms with Gasteiger partial charge in [0.05, 0.1) is 10.7 Å². The van der Waals surface area contributed by atoms with Crippen molar-refractivity contribution in [1.29, 1.82) is 0 Å². The molecular formula is C12H12ClN3. The SMILES string of the molecule is Cc1cccc(Nc2nccc(Cl)c2N)c1. The van der Waals surface area contributed by atoms with Gasteiger partial charge >= 0.3 is 0 Å². The van der Waals surface area contributed by atoms with Crippen molar-refractivity contribution in [2.24, 2.45) is 0 Å². The normalized spacial score (nSPS) is 10.1. The van der Waals surface area contributed by atoms with E-state index in [-0.39, 0.29) is 0 Å². The molecule has 0 unspecified atom stereocenters. The number of hydrogen-bond acceptors (Lipinski definition) is 3. The fourth-order valence-corrected chi connectivity index (χ4v) is 1.55. The van der Waals surface area contributed by atoms with Crippen molar-refractivity contribution in [3.05, 3.63) is 47.1 Å². The molecule has 82 valence electrons. The molecule has 0 atom stereocenters. The van der Waals surface area contributed by atoms with Gasteiger partial charge in [0.15, 0.2) is 5.82 Å². The lowest BCUT2D eigenvalue weighted by molar-refractivity contribution is 1.31. The zero-order chi connectivity index (χ0) is 11.5. The Morgan fingerprint density at radius 1 is 1.31 bits per heavy atom. The predicted octanol–water partition coefficient (Wildman–Crippen LogP) is 3.37. The molecule has 0 bridgehead atoms. The molecule has 1 aromatic heterocycles. The monoisotopic (exact) mass is 233 g/mol. The number of rotatable bonds is 2. The minimum atomic E-state index is 0.464. The van der Waals surface area contributed by atoms with E-state index >= 15 is 0 Å². The van der Waals surface area contributed by atoms with Crippen molar-refractivity contribution >= 4 is 28.8 Å². The second-order valence-corrected chi connectivity index (χ2v) is 3.96. The minimum absolute atomic E-state index is 0.464. The molecule has 0 aliphatic rings. The summed E-state index contributed by atoms with van der Waals surface area (Å²) in [6.07, 6.45) is 1.62. The van der Waals surface area contributed by atoms with Crippen molar-refractivity contribution in [3.8, 4) is 0 Å². The molecule has 0 fully saturated rings. The lowest BCUT2D eigenvalue weighted by atomic mass is 10.2. The lowest BCUT2D eigenvalue weighted by Crippen LogP contribution is -1.99. The molecule has 0 saturated heterocycles. The first-order valence-electron chi connectivity index (χ1n) is 4.90. The molecule has 2 aromatic rings. The van der Waals surface area contributed by atoms with E-state index in [1.54, 1.807) is 12.3 Å². The molecule has 2 rings (SSSR count). The van der Waals surface area contributed by atoms with E-state index in [0.29, 0.717) is 16.5 Å². The highest BCUT2D eigenvalue weighted by atomic mass is 35.5. The van der Waals surface area contributed by atoms with E-state index in [1.165, 1.54) is 5.56 Å². The summed E-state index contributed by atoms with van der Waals surface area (Å²) in [6, 6.07) is 9.63. The number of nitrogens with zero attached hydrogens (tertiary/aromatic N) is 1. The van der Waals surface area contributed by atoms with Gasteiger partial charge in [0, 0.05) is 11.9 Å². The van der Waals surface area contributed by atoms with Crippen molar-refractivity contribution < 1.29 is 0 Å². The van der Waals surface area contributed by atoms with Crippen molar-refractivity contribution in [1.82, 2.24) is 4.98 Å². The van der Waals surface area contributed by atoms with E-state index in [9.17, 15) is 0 Å². The van der Waals surface area contributed by atoms with Crippen LogP contribution in [0.4, 0.5) is 17.2 Å². The number of nitrogen functional groups attached to an aromatic ring is 1. The third-order valence-electron chi connectivity index (χ3n) is 2.22. The van der Waals surface area contributed by atoms with Crippen LogP contribution in [0, 0.1) is 6.92 Å². The molecule has 3 N–H and O–H groups in total. The molecule has 0 aliphatic heterocycles. The first-order valence-corrected chi connectivity index (χ1v) is 5.28. The number of nitrogens with two attached hydrogens (primary N) is 1. The summed E-state index contributed by atoms with van der Waals surface area (Å²) in [4.78, 5) is 4.14. The Morgan fingerprint density at radius 2 is 2.12 bits per heavy atom. The van der Waals surface area contributed by atoms with Crippen LogP contribution in [0.1, 0.15) is 5.56 Å². The quantitative estimate of drug-likeness (QED) is 0.836. The molecule has 0 amide bonds. The summed E-state index contributed by atoms with van der Waals surface area (Å²) in [5.41, 5.74) is 8.39. The summed E-state index contributed by atoms with van der Waals surface area (Å²) in [7, 11) is 0. The van der Waals surface area contributed by atoms with Crippen molar-refractivity contribution in [2.45, 2.75) is 6.92 Å². The maximum Gasteiger partial charge on any atom is 0.155 e. The van der Waals surface area contributed by atoms with Crippen LogP contribution in [-0.2, 0) is 0 Å². The summed E-state index contributed by atoms with van der Waals surface area (Å²) >= 11 is 5.91. The molecule has 16 heavy (non-hydrogen) atoms. The van der Waals surface area contributed by atoms with Crippen molar-refractivity contribution in [2.75, 3.05) is 11.1 Å². The highest BCUT2D eigenvalue weighted by Crippen LogP contribution is 2.27. The standard InChI is InChI=1S/C12H12ClN3/c1-8-3-2-4-9(7-8)16-12-11(14)10(13)5-6-15-12/h2-7H,14H2,1H3,(H,15,16). The number of anilines is 3. The highest BCUT2D eigenvalue weighted by molar-refractivity contribution is 6.33. The molecular weight excluding hydrogens is 222 g/mol. The third-order valence-corrected chi connectivity index (χ3v) is 2.55. The van der Waals surface area contributed by atoms with Gasteiger partial charge in [0.25, 0.3) is 0 Å². The van der Waals surface area contributed by atoms with Crippen LogP contribution in [0.25, 0.3) is 0 Å². The maximum absolute atomic E-state index is 5.91. The number of pyridine rings is 1. The van der Waals surface area contributed by atoms with Gasteiger partial charge < -0.3 is 11.1 Å². The Bertz CT molecular complexity index is 511. The van der Waals surface area contributed by atoms with Gasteiger partial charge in [-0.1, -0.05) is 23.7 Å². The molecule has 1 heterocycles. The summed E-state index contributed by atoms with van der Waals surface area (Å²) in [6.45, 7) is 2.03. The van der Waals surface area contributed by atoms with Gasteiger partial charge in [0.2, 0.25) is 0 Å². The largest absolute Gasteiger partial charge is 0.395 e. The number of hydrogen-bond donors (Lipinski definition) is 2. The van der Waals surface area contributed by atoms with Gasteiger partial charge in [-0.3, -0.25) is 0 Å². The van der Waals surface area contributed by atoms with E-state index in [2.05, 4.69) is 10.3 Å². The second kappa shape index (κ2) is 4.41. The summed E-state index contributed by atoms with van der Waals surface area (Å²) in [5, 5.41) is 3.64. The van der Waals surface area contributed by atoms with Crippen LogP contribution < -0.4 is 11.1 Å². The highest BCUT2D eigenvalue weighted by Gasteiger charge is 2.04. The summed E-state index contributed by atoms with van der Waals surface area (Å²) in [5.74, 6) is 0.582. The third kappa shape index (κ3) is 2.25. The maximum atomic E-state index is 5.91. The first-order chi connectivity index (χ1) is 7.66. The number of halogens is 1. The van der Waals surface area contributed by atoms with Crippen LogP contribution in [0.3, 0.4) is 0 Å². The number of benzene rings is 1. The van der Waals surface area contributed by atoms with Gasteiger partial charge in [-0.2, -0.15) is 0 Å². The average molecular weight is 234 g/mol. The Labute approximate surface area is 99.3 Å². The van der Waals surface area contributed by atoms with Gasteiger partial charge in [-0.25, -0.2) is 4.98 Å². The van der Waals surface area contributed by atoms with E-state index in [1.807, 2.05) is 31.2 Å². The number of aromatic nitrogens is 1. The number of aryl methyl sites for hydroxylation is 1. The van der Waals surface area contributed by atoms with Crippen LogP contribution in [0.2, 0.25) is 5.02 Å². The van der Waals surface area contributed by atoms with Gasteiger partial charge in [0.1, 0.15) is 0 Å². The predicted molar refractivity (Wildman–Crippen MR) is 68.1 cm³/mol. The molecule has 0 radical (unpaired) electrons. The molecule has 0 spiro atoms. The summed E-state index contributed by atoms with van der Waals surface area (Å²) < 4.78 is 0. The molecule has 4 heteroatoms. The number of nitrogens with one attached hydrogen (secondary N) is 1. The fraction of sp³-hybridized carbons (Fsp3) is 0.0833. The zero-order valence-corrected chi connectivity index (χ0v) is 9.62. The molecule has 0 aliphatic carbocycles. The Kier molecular flexibility index (Phi) is 2.97. The molecule has 3 nitrogen and oxygen atoms in total. The molecule has 0 saturated carbocycles. The Balaban J connectivity index is 2.31. The molecule has 1 aromatic carbocycles. The van der Waals surface area contributed by atoms with Crippen LogP contribution in [-0.4, -0.2) is 4.98 Å². The topological polar surface area (TPSA) is 50.9 Å². The van der Waals surface area contributed by atoms with E-state index < -0.39 is 0 Å². The Hall–Kier alpha value is -1.74. The Morgan fingerprint density at radius 3 is 2.88 bits per heavy atom. The van der Waals surface area contributed by atoms with Gasteiger partial charge in [-0.05, 0) is 30.7 Å². The smallest absolute Gasteiger partial charge is 0.155 e. The fourth-order valence-electron chi connectivity index (χ4n) is 1.41. The lowest BCUT2D eigenvalue weighted by Gasteiger charge is -2.09. The van der Waals surface area contributed by atoms with Crippen LogP contribution in [0.15, 0.2) is 36.5 Å². The van der Waals surface area contributed by atoms with Gasteiger partial charge in [-0.15, -0.1) is 0 Å². The van der Waals surface area contributed by atoms with Crippen molar-refractivity contribution in [3.63, 3.8) is 0 Å². The second-order valence-electron chi connectivity index (χ2n) is 3.55. The van der Waals surface area contributed by atoms with E-state index in [4.69, 9.17) is 17.3 Å². The average Bonchev–Trinajstić information content (AvgIpc) is 2.25. The van der Waals surface area contributed by atoms with E-state index in [0.717, 1.165) is 5.69 Å². The van der Waals surface area contributed by atoms with Crippen LogP contribution in [0.5, 0.6) is 0 Å². The van der Waals surface area contributed by atoms with Crippen LogP contribution >= 0.6 is 11.6 Å².